The van der Waals surface area contributed by atoms with E-state index < -0.39 is 74.1 Å². The van der Waals surface area contributed by atoms with Gasteiger partial charge in [0.15, 0.2) is 12.1 Å². The molecule has 9 atom stereocenters. The van der Waals surface area contributed by atoms with Gasteiger partial charge in [-0.15, -0.1) is 0 Å². The first kappa shape index (κ1) is 21.3. The summed E-state index contributed by atoms with van der Waals surface area (Å²) in [7, 11) is 0. The molecule has 0 bridgehead atoms. The Morgan fingerprint density at radius 2 is 1.62 bits per heavy atom. The molecule has 0 aliphatic carbocycles. The minimum Gasteiger partial charge on any atom is -0.394 e. The zero-order valence-electron chi connectivity index (χ0n) is 12.9. The smallest absolute Gasteiger partial charge is 0.187 e. The Hall–Kier alpha value is -0.730. The molecule has 11 nitrogen and oxygen atoms in total. The molecule has 0 aromatic rings. The Bertz CT molecular complexity index is 403. The Balaban J connectivity index is 2.89. The van der Waals surface area contributed by atoms with Crippen molar-refractivity contribution < 1.29 is 55.1 Å². The highest BCUT2D eigenvalue weighted by atomic mass is 16.7. The van der Waals surface area contributed by atoms with Crippen LogP contribution in [0.25, 0.3) is 0 Å². The average Bonchev–Trinajstić information content (AvgIpc) is 2.56. The summed E-state index contributed by atoms with van der Waals surface area (Å²) in [6.07, 6.45) is -15.6. The van der Waals surface area contributed by atoms with Crippen LogP contribution in [0.5, 0.6) is 0 Å². The maximum Gasteiger partial charge on any atom is 0.187 e. The lowest BCUT2D eigenvalue weighted by Crippen LogP contribution is -2.61. The number of carbonyl (C=O) groups is 1. The van der Waals surface area contributed by atoms with Crippen LogP contribution in [0.15, 0.2) is 0 Å². The molecule has 1 fully saturated rings. The largest absolute Gasteiger partial charge is 0.394 e. The highest BCUT2D eigenvalue weighted by Crippen LogP contribution is 2.24. The molecule has 142 valence electrons. The molecule has 1 aliphatic rings. The minimum absolute atomic E-state index is 0.718. The Kier molecular flexibility index (Phi) is 8.08. The van der Waals surface area contributed by atoms with Crippen molar-refractivity contribution in [2.45, 2.75) is 62.0 Å². The Morgan fingerprint density at radius 1 is 1.04 bits per heavy atom. The Labute approximate surface area is 137 Å². The van der Waals surface area contributed by atoms with Gasteiger partial charge in [0, 0.05) is 0 Å². The zero-order chi connectivity index (χ0) is 18.6. The van der Waals surface area contributed by atoms with Crippen molar-refractivity contribution in [3.05, 3.63) is 0 Å². The fraction of sp³-hybridized carbons (Fsp3) is 0.923. The van der Waals surface area contributed by atoms with Crippen molar-refractivity contribution >= 4 is 5.78 Å². The summed E-state index contributed by atoms with van der Waals surface area (Å²) in [6.45, 7) is -0.608. The van der Waals surface area contributed by atoms with E-state index in [2.05, 4.69) is 0 Å². The molecule has 8 N–H and O–H groups in total. The molecule has 1 aliphatic heterocycles. The van der Waals surface area contributed by atoms with Crippen molar-refractivity contribution in [2.75, 3.05) is 13.2 Å². The van der Waals surface area contributed by atoms with E-state index in [-0.39, 0.29) is 0 Å². The number of carbonyl (C=O) groups excluding carboxylic acids is 1. The van der Waals surface area contributed by atoms with Crippen molar-refractivity contribution in [3.63, 3.8) is 0 Å². The van der Waals surface area contributed by atoms with Crippen LogP contribution < -0.4 is 0 Å². The van der Waals surface area contributed by atoms with E-state index in [4.69, 9.17) is 19.7 Å². The predicted molar refractivity (Wildman–Crippen MR) is 74.4 cm³/mol. The quantitative estimate of drug-likeness (QED) is 0.207. The van der Waals surface area contributed by atoms with Gasteiger partial charge in [-0.05, 0) is 6.92 Å². The minimum atomic E-state index is -1.97. The summed E-state index contributed by atoms with van der Waals surface area (Å²) in [5.74, 6) is -0.802. The van der Waals surface area contributed by atoms with Gasteiger partial charge in [-0.2, -0.15) is 0 Å². The molecular weight excluding hydrogens is 332 g/mol. The van der Waals surface area contributed by atoms with Gasteiger partial charge in [0.05, 0.1) is 13.2 Å². The normalized spacial score (nSPS) is 36.0. The van der Waals surface area contributed by atoms with Crippen molar-refractivity contribution in [3.8, 4) is 0 Å². The van der Waals surface area contributed by atoms with Crippen LogP contribution in [-0.2, 0) is 14.3 Å². The van der Waals surface area contributed by atoms with E-state index in [0.29, 0.717) is 0 Å². The van der Waals surface area contributed by atoms with Gasteiger partial charge in [-0.25, -0.2) is 0 Å². The lowest BCUT2D eigenvalue weighted by atomic mass is 9.98. The second kappa shape index (κ2) is 9.10. The van der Waals surface area contributed by atoms with Crippen LogP contribution in [0.4, 0.5) is 0 Å². The number of ketones is 1. The first-order valence-electron chi connectivity index (χ1n) is 7.27. The number of aliphatic hydroxyl groups is 8. The summed E-state index contributed by atoms with van der Waals surface area (Å²) in [6, 6.07) is 0. The Morgan fingerprint density at radius 3 is 2.08 bits per heavy atom. The average molecular weight is 356 g/mol. The number of hydrogen-bond donors (Lipinski definition) is 8. The fourth-order valence-electron chi connectivity index (χ4n) is 2.26. The van der Waals surface area contributed by atoms with E-state index in [1.807, 2.05) is 0 Å². The van der Waals surface area contributed by atoms with Gasteiger partial charge in [-0.3, -0.25) is 4.79 Å². The van der Waals surface area contributed by atoms with Crippen LogP contribution in [0, 0.1) is 0 Å². The molecular formula is C13H24O11. The molecule has 24 heavy (non-hydrogen) atoms. The highest BCUT2D eigenvalue weighted by Gasteiger charge is 2.46. The first-order chi connectivity index (χ1) is 11.1. The lowest BCUT2D eigenvalue weighted by Gasteiger charge is -2.41. The highest BCUT2D eigenvalue weighted by molar-refractivity contribution is 5.81. The fourth-order valence-corrected chi connectivity index (χ4v) is 2.26. The standard InChI is InChI=1S/C13H24O11/c1-4(16)12(10(21)7(18)5(17)2-14)24-13-11(22)9(20)8(19)6(3-15)23-13/h5-15,17-22H,2-3H2,1H3/t5-,6-,7-,8-,9+,10+,11+,12-,13-/m1/s1. The molecule has 0 aromatic heterocycles. The van der Waals surface area contributed by atoms with Gasteiger partial charge in [0.1, 0.15) is 48.8 Å². The second-order valence-corrected chi connectivity index (χ2v) is 5.60. The van der Waals surface area contributed by atoms with Crippen molar-refractivity contribution in [1.82, 2.24) is 0 Å². The van der Waals surface area contributed by atoms with E-state index in [1.54, 1.807) is 0 Å². The van der Waals surface area contributed by atoms with E-state index in [1.165, 1.54) is 0 Å². The third kappa shape index (κ3) is 4.67. The number of rotatable bonds is 8. The molecule has 0 amide bonds. The third-order valence-corrected chi connectivity index (χ3v) is 3.77. The summed E-state index contributed by atoms with van der Waals surface area (Å²) >= 11 is 0. The molecule has 0 radical (unpaired) electrons. The van der Waals surface area contributed by atoms with Gasteiger partial charge in [-0.1, -0.05) is 0 Å². The van der Waals surface area contributed by atoms with Gasteiger partial charge in [0.25, 0.3) is 0 Å². The van der Waals surface area contributed by atoms with Gasteiger partial charge < -0.3 is 50.3 Å². The summed E-state index contributed by atoms with van der Waals surface area (Å²) < 4.78 is 10.1. The predicted octanol–water partition coefficient (Wildman–Crippen LogP) is -5.16. The number of Topliss-reactive ketones (excluding diaryl/α,β-unsaturated/α-hetero) is 1. The number of hydrogen-bond acceptors (Lipinski definition) is 11. The van der Waals surface area contributed by atoms with Crippen LogP contribution in [-0.4, -0.2) is 115 Å². The van der Waals surface area contributed by atoms with Crippen LogP contribution in [0.3, 0.4) is 0 Å². The molecule has 1 heterocycles. The van der Waals surface area contributed by atoms with E-state index in [9.17, 15) is 35.4 Å². The topological polar surface area (TPSA) is 197 Å². The van der Waals surface area contributed by atoms with Crippen LogP contribution in [0.2, 0.25) is 0 Å². The molecule has 0 spiro atoms. The lowest BCUT2D eigenvalue weighted by molar-refractivity contribution is -0.316. The maximum atomic E-state index is 11.6. The maximum absolute atomic E-state index is 11.6. The zero-order valence-corrected chi connectivity index (χ0v) is 12.9. The van der Waals surface area contributed by atoms with E-state index in [0.717, 1.165) is 6.92 Å². The molecule has 1 rings (SSSR count). The van der Waals surface area contributed by atoms with E-state index >= 15 is 0 Å². The first-order valence-corrected chi connectivity index (χ1v) is 7.27. The summed E-state index contributed by atoms with van der Waals surface area (Å²) in [5, 5.41) is 75.9. The van der Waals surface area contributed by atoms with Crippen molar-refractivity contribution in [2.24, 2.45) is 0 Å². The molecule has 0 unspecified atom stereocenters. The number of aliphatic hydroxyl groups excluding tert-OH is 8. The summed E-state index contributed by atoms with van der Waals surface area (Å²) in [4.78, 5) is 11.6. The monoisotopic (exact) mass is 356 g/mol. The second-order valence-electron chi connectivity index (χ2n) is 5.60. The number of ether oxygens (including phenoxy) is 2. The molecule has 11 heteroatoms. The van der Waals surface area contributed by atoms with Crippen LogP contribution in [0.1, 0.15) is 6.92 Å². The third-order valence-electron chi connectivity index (χ3n) is 3.77. The van der Waals surface area contributed by atoms with Gasteiger partial charge in [0.2, 0.25) is 0 Å². The molecule has 0 saturated carbocycles. The van der Waals surface area contributed by atoms with Gasteiger partial charge >= 0.3 is 0 Å². The molecule has 0 aromatic carbocycles. The van der Waals surface area contributed by atoms with Crippen molar-refractivity contribution in [1.29, 1.82) is 0 Å². The summed E-state index contributed by atoms with van der Waals surface area (Å²) in [5.41, 5.74) is 0. The molecule has 1 saturated heterocycles. The SMILES string of the molecule is CC(=O)[C@@H](O[C@H]1O[C@H](CO)[C@@H](O)[C@H](O)[C@@H]1O)[C@@H](O)[C@H](O)[C@H](O)CO. The van der Waals surface area contributed by atoms with Crippen LogP contribution >= 0.6 is 0 Å².